The SMILES string of the molecule is OCC1(Cc2ccn(C3CCCC3)n2)CCOC1. The van der Waals surface area contributed by atoms with Crippen LogP contribution in [0.1, 0.15) is 43.8 Å². The fourth-order valence-electron chi connectivity index (χ4n) is 3.20. The number of ether oxygens (including phenoxy) is 1. The van der Waals surface area contributed by atoms with Crippen molar-refractivity contribution in [3.05, 3.63) is 18.0 Å². The van der Waals surface area contributed by atoms with Crippen LogP contribution in [0.3, 0.4) is 0 Å². The summed E-state index contributed by atoms with van der Waals surface area (Å²) in [5.74, 6) is 0. The molecular weight excluding hydrogens is 228 g/mol. The lowest BCUT2D eigenvalue weighted by Gasteiger charge is -2.23. The molecule has 2 heterocycles. The fraction of sp³-hybridized carbons (Fsp3) is 0.786. The Bertz CT molecular complexity index is 390. The average molecular weight is 250 g/mol. The normalized spacial score (nSPS) is 29.2. The Morgan fingerprint density at radius 3 is 2.94 bits per heavy atom. The molecule has 1 saturated carbocycles. The van der Waals surface area contributed by atoms with Crippen molar-refractivity contribution in [3.8, 4) is 0 Å². The second kappa shape index (κ2) is 5.02. The van der Waals surface area contributed by atoms with Crippen molar-refractivity contribution in [1.29, 1.82) is 0 Å². The second-order valence-electron chi connectivity index (χ2n) is 5.86. The molecule has 2 fully saturated rings. The predicted octanol–water partition coefficient (Wildman–Crippen LogP) is 1.94. The first-order valence-corrected chi connectivity index (χ1v) is 7.04. The molecule has 1 N–H and O–H groups in total. The van der Waals surface area contributed by atoms with E-state index in [1.54, 1.807) is 0 Å². The number of aliphatic hydroxyl groups is 1. The number of hydrogen-bond acceptors (Lipinski definition) is 3. The molecule has 1 aromatic rings. The molecule has 1 atom stereocenters. The summed E-state index contributed by atoms with van der Waals surface area (Å²) in [6, 6.07) is 2.71. The van der Waals surface area contributed by atoms with E-state index in [1.807, 2.05) is 0 Å². The van der Waals surface area contributed by atoms with Gasteiger partial charge in [0.15, 0.2) is 0 Å². The van der Waals surface area contributed by atoms with Crippen LogP contribution in [0.4, 0.5) is 0 Å². The smallest absolute Gasteiger partial charge is 0.0632 e. The van der Waals surface area contributed by atoms with E-state index in [0.717, 1.165) is 25.1 Å². The van der Waals surface area contributed by atoms with E-state index in [4.69, 9.17) is 9.84 Å². The molecule has 0 spiro atoms. The summed E-state index contributed by atoms with van der Waals surface area (Å²) >= 11 is 0. The summed E-state index contributed by atoms with van der Waals surface area (Å²) in [5.41, 5.74) is 1.01. The molecule has 0 radical (unpaired) electrons. The Hall–Kier alpha value is -0.870. The minimum atomic E-state index is -0.0884. The molecule has 18 heavy (non-hydrogen) atoms. The van der Waals surface area contributed by atoms with Gasteiger partial charge in [0.2, 0.25) is 0 Å². The molecule has 1 aliphatic heterocycles. The summed E-state index contributed by atoms with van der Waals surface area (Å²) in [6.07, 6.45) is 9.06. The molecule has 4 heteroatoms. The van der Waals surface area contributed by atoms with Crippen LogP contribution < -0.4 is 0 Å². The highest BCUT2D eigenvalue weighted by Gasteiger charge is 2.35. The maximum Gasteiger partial charge on any atom is 0.0632 e. The van der Waals surface area contributed by atoms with Gasteiger partial charge in [0.1, 0.15) is 0 Å². The minimum Gasteiger partial charge on any atom is -0.396 e. The summed E-state index contributed by atoms with van der Waals surface area (Å²) in [4.78, 5) is 0. The van der Waals surface area contributed by atoms with Crippen LogP contribution in [0, 0.1) is 5.41 Å². The molecule has 1 unspecified atom stereocenters. The molecule has 4 nitrogen and oxygen atoms in total. The van der Waals surface area contributed by atoms with E-state index >= 15 is 0 Å². The Balaban J connectivity index is 1.69. The molecule has 1 saturated heterocycles. The standard InChI is InChI=1S/C14H22N2O2/c17-10-14(6-8-18-11-14)9-12-5-7-16(15-12)13-3-1-2-4-13/h5,7,13,17H,1-4,6,8-11H2. The lowest BCUT2D eigenvalue weighted by Crippen LogP contribution is -2.28. The second-order valence-corrected chi connectivity index (χ2v) is 5.86. The van der Waals surface area contributed by atoms with E-state index in [0.29, 0.717) is 12.6 Å². The third-order valence-corrected chi connectivity index (χ3v) is 4.44. The van der Waals surface area contributed by atoms with Crippen LogP contribution in [-0.4, -0.2) is 34.7 Å². The van der Waals surface area contributed by atoms with E-state index < -0.39 is 0 Å². The van der Waals surface area contributed by atoms with Gasteiger partial charge in [-0.1, -0.05) is 12.8 Å². The Morgan fingerprint density at radius 2 is 2.28 bits per heavy atom. The number of aromatic nitrogens is 2. The van der Waals surface area contributed by atoms with E-state index in [9.17, 15) is 5.11 Å². The third-order valence-electron chi connectivity index (χ3n) is 4.44. The van der Waals surface area contributed by atoms with Gasteiger partial charge in [-0.15, -0.1) is 0 Å². The van der Waals surface area contributed by atoms with Gasteiger partial charge in [-0.25, -0.2) is 0 Å². The van der Waals surface area contributed by atoms with Crippen molar-refractivity contribution in [2.75, 3.05) is 19.8 Å². The molecule has 100 valence electrons. The summed E-state index contributed by atoms with van der Waals surface area (Å²) < 4.78 is 7.56. The van der Waals surface area contributed by atoms with Gasteiger partial charge in [-0.2, -0.15) is 5.10 Å². The van der Waals surface area contributed by atoms with E-state index in [1.165, 1.54) is 25.7 Å². The first kappa shape index (κ1) is 12.2. The maximum absolute atomic E-state index is 9.58. The number of nitrogens with zero attached hydrogens (tertiary/aromatic N) is 2. The summed E-state index contributed by atoms with van der Waals surface area (Å²) in [6.45, 7) is 1.63. The first-order chi connectivity index (χ1) is 8.81. The lowest BCUT2D eigenvalue weighted by molar-refractivity contribution is 0.0926. The molecule has 1 aromatic heterocycles. The lowest BCUT2D eigenvalue weighted by atomic mass is 9.83. The van der Waals surface area contributed by atoms with Crippen molar-refractivity contribution in [3.63, 3.8) is 0 Å². The zero-order valence-corrected chi connectivity index (χ0v) is 10.8. The maximum atomic E-state index is 9.58. The number of aliphatic hydroxyl groups excluding tert-OH is 1. The first-order valence-electron chi connectivity index (χ1n) is 7.04. The zero-order valence-electron chi connectivity index (χ0n) is 10.8. The van der Waals surface area contributed by atoms with Crippen LogP contribution in [0.15, 0.2) is 12.3 Å². The zero-order chi connectivity index (χ0) is 12.4. The molecule has 0 aromatic carbocycles. The van der Waals surface area contributed by atoms with Gasteiger partial charge in [0, 0.05) is 24.6 Å². The summed E-state index contributed by atoms with van der Waals surface area (Å²) in [7, 11) is 0. The van der Waals surface area contributed by atoms with Crippen molar-refractivity contribution < 1.29 is 9.84 Å². The Kier molecular flexibility index (Phi) is 3.39. The van der Waals surface area contributed by atoms with Crippen LogP contribution in [0.5, 0.6) is 0 Å². The van der Waals surface area contributed by atoms with Gasteiger partial charge in [0.25, 0.3) is 0 Å². The summed E-state index contributed by atoms with van der Waals surface area (Å²) in [5, 5.41) is 14.3. The molecular formula is C14H22N2O2. The number of rotatable bonds is 4. The number of hydrogen-bond donors (Lipinski definition) is 1. The van der Waals surface area contributed by atoms with Gasteiger partial charge in [-0.05, 0) is 25.3 Å². The van der Waals surface area contributed by atoms with E-state index in [-0.39, 0.29) is 12.0 Å². The van der Waals surface area contributed by atoms with Crippen LogP contribution >= 0.6 is 0 Å². The largest absolute Gasteiger partial charge is 0.396 e. The van der Waals surface area contributed by atoms with Crippen LogP contribution in [0.2, 0.25) is 0 Å². The fourth-order valence-corrected chi connectivity index (χ4v) is 3.20. The Morgan fingerprint density at radius 1 is 1.44 bits per heavy atom. The highest BCUT2D eigenvalue weighted by molar-refractivity contribution is 5.05. The molecule has 3 rings (SSSR count). The topological polar surface area (TPSA) is 47.3 Å². The molecule has 0 amide bonds. The molecule has 0 bridgehead atoms. The monoisotopic (exact) mass is 250 g/mol. The van der Waals surface area contributed by atoms with Crippen molar-refractivity contribution in [1.82, 2.24) is 9.78 Å². The quantitative estimate of drug-likeness (QED) is 0.888. The van der Waals surface area contributed by atoms with E-state index in [2.05, 4.69) is 16.9 Å². The van der Waals surface area contributed by atoms with Gasteiger partial charge in [-0.3, -0.25) is 4.68 Å². The van der Waals surface area contributed by atoms with Crippen LogP contribution in [-0.2, 0) is 11.2 Å². The molecule has 1 aliphatic carbocycles. The van der Waals surface area contributed by atoms with Gasteiger partial charge >= 0.3 is 0 Å². The highest BCUT2D eigenvalue weighted by Crippen LogP contribution is 2.33. The predicted molar refractivity (Wildman–Crippen MR) is 68.4 cm³/mol. The highest BCUT2D eigenvalue weighted by atomic mass is 16.5. The van der Waals surface area contributed by atoms with Crippen LogP contribution in [0.25, 0.3) is 0 Å². The average Bonchev–Trinajstić information content (AvgIpc) is 3.10. The Labute approximate surface area is 108 Å². The van der Waals surface area contributed by atoms with Crippen molar-refractivity contribution >= 4 is 0 Å². The molecule has 2 aliphatic rings. The van der Waals surface area contributed by atoms with Gasteiger partial charge in [0.05, 0.1) is 24.9 Å². The van der Waals surface area contributed by atoms with Gasteiger partial charge < -0.3 is 9.84 Å². The van der Waals surface area contributed by atoms with Crippen molar-refractivity contribution in [2.24, 2.45) is 5.41 Å². The third kappa shape index (κ3) is 2.31. The van der Waals surface area contributed by atoms with Crippen molar-refractivity contribution in [2.45, 2.75) is 44.6 Å². The minimum absolute atomic E-state index is 0.0884.